The van der Waals surface area contributed by atoms with Crippen molar-refractivity contribution >= 4 is 40.3 Å². The lowest BCUT2D eigenvalue weighted by atomic mass is 10.2. The molecular weight excluding hydrogens is 384 g/mol. The maximum Gasteiger partial charge on any atom is 0.175 e. The number of benzene rings is 2. The minimum atomic E-state index is 0.416. The number of hydrogen-bond acceptors (Lipinski definition) is 4. The van der Waals surface area contributed by atoms with Crippen LogP contribution < -0.4 is 20.1 Å². The van der Waals surface area contributed by atoms with Crippen molar-refractivity contribution in [2.75, 3.05) is 24.9 Å². The first-order valence-electron chi connectivity index (χ1n) is 8.15. The monoisotopic (exact) mass is 402 g/mol. The molecule has 0 spiro atoms. The summed E-state index contributed by atoms with van der Waals surface area (Å²) in [5, 5.41) is 11.7. The van der Waals surface area contributed by atoms with E-state index in [-0.39, 0.29) is 0 Å². The molecule has 0 atom stereocenters. The number of nitrogens with zero attached hydrogens (tertiary/aromatic N) is 2. The lowest BCUT2D eigenvalue weighted by molar-refractivity contribution is 0.405. The fourth-order valence-corrected chi connectivity index (χ4v) is 2.94. The summed E-state index contributed by atoms with van der Waals surface area (Å²) in [5.41, 5.74) is 2.47. The van der Waals surface area contributed by atoms with Gasteiger partial charge in [0.2, 0.25) is 0 Å². The van der Waals surface area contributed by atoms with Crippen molar-refractivity contribution in [1.29, 1.82) is 0 Å². The van der Waals surface area contributed by atoms with Crippen molar-refractivity contribution in [1.82, 2.24) is 9.78 Å². The van der Waals surface area contributed by atoms with Gasteiger partial charge in [-0.1, -0.05) is 29.8 Å². The average Bonchev–Trinajstić information content (AvgIpc) is 3.10. The van der Waals surface area contributed by atoms with Crippen LogP contribution in [0.15, 0.2) is 54.9 Å². The molecule has 0 aliphatic heterocycles. The zero-order valence-corrected chi connectivity index (χ0v) is 16.5. The van der Waals surface area contributed by atoms with Gasteiger partial charge in [-0.25, -0.2) is 0 Å². The molecule has 0 amide bonds. The van der Waals surface area contributed by atoms with Crippen LogP contribution in [0.4, 0.5) is 11.4 Å². The van der Waals surface area contributed by atoms with Gasteiger partial charge in [-0.15, -0.1) is 0 Å². The van der Waals surface area contributed by atoms with Gasteiger partial charge in [0.25, 0.3) is 0 Å². The molecule has 2 aromatic carbocycles. The van der Waals surface area contributed by atoms with Crippen LogP contribution in [0.1, 0.15) is 5.56 Å². The van der Waals surface area contributed by atoms with Crippen molar-refractivity contribution in [3.63, 3.8) is 0 Å². The molecule has 27 heavy (non-hydrogen) atoms. The second-order valence-corrected chi connectivity index (χ2v) is 6.48. The van der Waals surface area contributed by atoms with Crippen molar-refractivity contribution in [3.8, 4) is 11.5 Å². The molecule has 0 aliphatic rings. The van der Waals surface area contributed by atoms with Crippen LogP contribution in [-0.4, -0.2) is 29.1 Å². The van der Waals surface area contributed by atoms with E-state index < -0.39 is 0 Å². The quantitative estimate of drug-likeness (QED) is 0.595. The fraction of sp³-hybridized carbons (Fsp3) is 0.158. The summed E-state index contributed by atoms with van der Waals surface area (Å²) >= 11 is 11.6. The number of thiocarbonyl (C=S) groups is 1. The molecule has 3 rings (SSSR count). The molecule has 0 radical (unpaired) electrons. The van der Waals surface area contributed by atoms with Gasteiger partial charge in [-0.05, 0) is 36.0 Å². The Kier molecular flexibility index (Phi) is 6.16. The minimum absolute atomic E-state index is 0.416. The number of aromatic nitrogens is 2. The van der Waals surface area contributed by atoms with Gasteiger partial charge < -0.3 is 20.1 Å². The van der Waals surface area contributed by atoms with Crippen molar-refractivity contribution in [2.45, 2.75) is 6.54 Å². The predicted molar refractivity (Wildman–Crippen MR) is 112 cm³/mol. The maximum absolute atomic E-state index is 6.20. The Hall–Kier alpha value is -2.77. The molecule has 0 saturated heterocycles. The number of anilines is 2. The standard InChI is InChI=1S/C19H19ClN4O2S/c1-25-15-7-8-18(26-2)17(9-15)23-19(27)22-14-10-21-24(12-14)11-13-5-3-4-6-16(13)20/h3-10,12H,11H2,1-2H3,(H2,22,23,27). The Morgan fingerprint density at radius 3 is 2.70 bits per heavy atom. The average molecular weight is 403 g/mol. The molecule has 8 heteroatoms. The van der Waals surface area contributed by atoms with Gasteiger partial charge in [-0.3, -0.25) is 4.68 Å². The van der Waals surface area contributed by atoms with Gasteiger partial charge >= 0.3 is 0 Å². The Balaban J connectivity index is 1.65. The second kappa shape index (κ2) is 8.75. The first-order valence-corrected chi connectivity index (χ1v) is 8.93. The molecule has 1 heterocycles. The molecule has 3 aromatic rings. The Bertz CT molecular complexity index is 945. The molecule has 2 N–H and O–H groups in total. The summed E-state index contributed by atoms with van der Waals surface area (Å²) in [7, 11) is 3.21. The highest BCUT2D eigenvalue weighted by molar-refractivity contribution is 7.80. The molecule has 0 unspecified atom stereocenters. The van der Waals surface area contributed by atoms with Gasteiger partial charge in [0.05, 0.1) is 38.3 Å². The van der Waals surface area contributed by atoms with Crippen LogP contribution >= 0.6 is 23.8 Å². The van der Waals surface area contributed by atoms with E-state index in [0.29, 0.717) is 33.9 Å². The first kappa shape index (κ1) is 19.0. The SMILES string of the molecule is COc1ccc(OC)c(NC(=S)Nc2cnn(Cc3ccccc3Cl)c2)c1. The van der Waals surface area contributed by atoms with E-state index in [0.717, 1.165) is 11.3 Å². The minimum Gasteiger partial charge on any atom is -0.497 e. The number of nitrogens with one attached hydrogen (secondary N) is 2. The highest BCUT2D eigenvalue weighted by atomic mass is 35.5. The van der Waals surface area contributed by atoms with Crippen LogP contribution in [0, 0.1) is 0 Å². The number of ether oxygens (including phenoxy) is 2. The molecule has 0 aliphatic carbocycles. The van der Waals surface area contributed by atoms with E-state index >= 15 is 0 Å². The number of halogens is 1. The zero-order chi connectivity index (χ0) is 19.2. The van der Waals surface area contributed by atoms with E-state index in [9.17, 15) is 0 Å². The third-order valence-corrected chi connectivity index (χ3v) is 4.41. The summed E-state index contributed by atoms with van der Waals surface area (Å²) in [4.78, 5) is 0. The van der Waals surface area contributed by atoms with Crippen molar-refractivity contribution in [3.05, 3.63) is 65.4 Å². The first-order chi connectivity index (χ1) is 13.1. The third kappa shape index (κ3) is 4.90. The van der Waals surface area contributed by atoms with Crippen LogP contribution in [0.25, 0.3) is 0 Å². The van der Waals surface area contributed by atoms with Crippen LogP contribution in [0.2, 0.25) is 5.02 Å². The molecule has 0 bridgehead atoms. The Morgan fingerprint density at radius 1 is 1.15 bits per heavy atom. The van der Waals surface area contributed by atoms with Crippen LogP contribution in [-0.2, 0) is 6.54 Å². The van der Waals surface area contributed by atoms with E-state index in [4.69, 9.17) is 33.3 Å². The molecule has 0 saturated carbocycles. The normalized spacial score (nSPS) is 10.3. The highest BCUT2D eigenvalue weighted by Crippen LogP contribution is 2.29. The van der Waals surface area contributed by atoms with Crippen LogP contribution in [0.5, 0.6) is 11.5 Å². The maximum atomic E-state index is 6.20. The number of hydrogen-bond donors (Lipinski definition) is 2. The van der Waals surface area contributed by atoms with E-state index in [2.05, 4.69) is 15.7 Å². The number of rotatable bonds is 6. The van der Waals surface area contributed by atoms with E-state index in [1.165, 1.54) is 0 Å². The lowest BCUT2D eigenvalue weighted by Crippen LogP contribution is -2.19. The molecule has 1 aromatic heterocycles. The fourth-order valence-electron chi connectivity index (χ4n) is 2.51. The third-order valence-electron chi connectivity index (χ3n) is 3.84. The number of methoxy groups -OCH3 is 2. The predicted octanol–water partition coefficient (Wildman–Crippen LogP) is 4.41. The van der Waals surface area contributed by atoms with Gasteiger partial charge in [0.15, 0.2) is 5.11 Å². The Labute approximate surface area is 168 Å². The lowest BCUT2D eigenvalue weighted by Gasteiger charge is -2.13. The van der Waals surface area contributed by atoms with E-state index in [1.54, 1.807) is 25.1 Å². The summed E-state index contributed by atoms with van der Waals surface area (Å²) in [5.74, 6) is 1.36. The Morgan fingerprint density at radius 2 is 1.96 bits per heavy atom. The van der Waals surface area contributed by atoms with Crippen molar-refractivity contribution in [2.24, 2.45) is 0 Å². The summed E-state index contributed by atoms with van der Waals surface area (Å²) < 4.78 is 12.4. The molecule has 0 fully saturated rings. The van der Waals surface area contributed by atoms with Crippen LogP contribution in [0.3, 0.4) is 0 Å². The zero-order valence-electron chi connectivity index (χ0n) is 14.9. The summed E-state index contributed by atoms with van der Waals surface area (Å²) in [6.45, 7) is 0.575. The molecular formula is C19H19ClN4O2S. The highest BCUT2D eigenvalue weighted by Gasteiger charge is 2.08. The van der Waals surface area contributed by atoms with E-state index in [1.807, 2.05) is 48.7 Å². The van der Waals surface area contributed by atoms with Crippen molar-refractivity contribution < 1.29 is 9.47 Å². The molecule has 140 valence electrons. The second-order valence-electron chi connectivity index (χ2n) is 5.66. The van der Waals surface area contributed by atoms with Gasteiger partial charge in [0, 0.05) is 17.3 Å². The topological polar surface area (TPSA) is 60.3 Å². The summed E-state index contributed by atoms with van der Waals surface area (Å²) in [6.07, 6.45) is 3.56. The largest absolute Gasteiger partial charge is 0.497 e. The van der Waals surface area contributed by atoms with Gasteiger partial charge in [-0.2, -0.15) is 5.10 Å². The smallest absolute Gasteiger partial charge is 0.175 e. The van der Waals surface area contributed by atoms with Gasteiger partial charge in [0.1, 0.15) is 11.5 Å². The molecule has 6 nitrogen and oxygen atoms in total. The summed E-state index contributed by atoms with van der Waals surface area (Å²) in [6, 6.07) is 13.1.